The van der Waals surface area contributed by atoms with Gasteiger partial charge in [-0.2, -0.15) is 0 Å². The van der Waals surface area contributed by atoms with Gasteiger partial charge in [-0.15, -0.1) is 11.3 Å². The number of aromatic nitrogens is 2. The minimum Gasteiger partial charge on any atom is -0.392 e. The van der Waals surface area contributed by atoms with Crippen molar-refractivity contribution in [1.29, 1.82) is 0 Å². The summed E-state index contributed by atoms with van der Waals surface area (Å²) in [5, 5.41) is 2.35. The second-order valence-electron chi connectivity index (χ2n) is 4.48. The molecular weight excluding hydrogens is 309 g/mol. The highest BCUT2D eigenvalue weighted by molar-refractivity contribution is 7.80. The molecule has 2 aromatic heterocycles. The summed E-state index contributed by atoms with van der Waals surface area (Å²) in [6.45, 7) is 0.149. The lowest BCUT2D eigenvalue weighted by Crippen LogP contribution is -2.27. The first kappa shape index (κ1) is 13.8. The van der Waals surface area contributed by atoms with Crippen LogP contribution in [0.25, 0.3) is 21.3 Å². The highest BCUT2D eigenvalue weighted by Gasteiger charge is 2.13. The van der Waals surface area contributed by atoms with Crippen LogP contribution in [0.3, 0.4) is 0 Å². The number of thiocarbonyl (C=S) groups is 1. The van der Waals surface area contributed by atoms with Crippen molar-refractivity contribution in [2.75, 3.05) is 0 Å². The second-order valence-corrected chi connectivity index (χ2v) is 5.86. The summed E-state index contributed by atoms with van der Waals surface area (Å²) in [4.78, 5) is 17.6. The third-order valence-electron chi connectivity index (χ3n) is 3.04. The second kappa shape index (κ2) is 5.34. The number of nitrogens with zero attached hydrogens (tertiary/aromatic N) is 2. The molecule has 7 heteroatoms. The molecule has 0 radical (unpaired) electrons. The highest BCUT2D eigenvalue weighted by atomic mass is 32.1. The van der Waals surface area contributed by atoms with Gasteiger partial charge in [0, 0.05) is 10.9 Å². The Hall–Kier alpha value is -2.12. The first-order valence-electron chi connectivity index (χ1n) is 6.07. The van der Waals surface area contributed by atoms with Crippen LogP contribution in [0.1, 0.15) is 0 Å². The zero-order chi connectivity index (χ0) is 15.0. The molecule has 2 heterocycles. The number of nitrogens with two attached hydrogens (primary N) is 1. The smallest absolute Gasteiger partial charge is 0.263 e. The van der Waals surface area contributed by atoms with Gasteiger partial charge in [0.25, 0.3) is 5.56 Å². The van der Waals surface area contributed by atoms with Crippen LogP contribution in [0, 0.1) is 5.82 Å². The monoisotopic (exact) mass is 319 g/mol. The molecule has 0 unspecified atom stereocenters. The number of hydrogen-bond donors (Lipinski definition) is 1. The molecule has 0 spiro atoms. The van der Waals surface area contributed by atoms with E-state index in [1.54, 1.807) is 12.1 Å². The Morgan fingerprint density at radius 1 is 1.38 bits per heavy atom. The van der Waals surface area contributed by atoms with Crippen molar-refractivity contribution < 1.29 is 4.39 Å². The van der Waals surface area contributed by atoms with E-state index in [2.05, 4.69) is 4.98 Å². The predicted molar refractivity (Wildman–Crippen MR) is 86.1 cm³/mol. The van der Waals surface area contributed by atoms with Crippen molar-refractivity contribution in [3.63, 3.8) is 0 Å². The van der Waals surface area contributed by atoms with Crippen LogP contribution in [-0.2, 0) is 6.54 Å². The van der Waals surface area contributed by atoms with Gasteiger partial charge in [0.1, 0.15) is 10.6 Å². The van der Waals surface area contributed by atoms with Gasteiger partial charge in [0.15, 0.2) is 0 Å². The summed E-state index contributed by atoms with van der Waals surface area (Å²) in [6, 6.07) is 6.01. The summed E-state index contributed by atoms with van der Waals surface area (Å²) in [5.41, 5.74) is 6.80. The van der Waals surface area contributed by atoms with Crippen LogP contribution >= 0.6 is 23.6 Å². The van der Waals surface area contributed by atoms with Crippen LogP contribution in [-0.4, -0.2) is 14.5 Å². The number of halogens is 1. The molecule has 0 fully saturated rings. The number of thiophene rings is 1. The fourth-order valence-corrected chi connectivity index (χ4v) is 3.14. The Kier molecular flexibility index (Phi) is 3.52. The summed E-state index contributed by atoms with van der Waals surface area (Å²) in [7, 11) is 0. The molecule has 0 amide bonds. The van der Waals surface area contributed by atoms with E-state index in [0.29, 0.717) is 10.2 Å². The minimum atomic E-state index is -0.317. The van der Waals surface area contributed by atoms with Gasteiger partial charge >= 0.3 is 0 Å². The largest absolute Gasteiger partial charge is 0.392 e. The number of hydrogen-bond acceptors (Lipinski definition) is 4. The molecule has 0 aliphatic carbocycles. The molecule has 3 rings (SSSR count). The fraction of sp³-hybridized carbons (Fsp3) is 0.0714. The van der Waals surface area contributed by atoms with Gasteiger partial charge in [-0.05, 0) is 17.7 Å². The van der Waals surface area contributed by atoms with Crippen LogP contribution in [0.4, 0.5) is 4.39 Å². The number of rotatable bonds is 3. The molecule has 0 atom stereocenters. The third kappa shape index (κ3) is 2.57. The Morgan fingerprint density at radius 2 is 2.10 bits per heavy atom. The van der Waals surface area contributed by atoms with Crippen molar-refractivity contribution in [3.05, 3.63) is 52.1 Å². The summed E-state index contributed by atoms with van der Waals surface area (Å²) < 4.78 is 14.4. The van der Waals surface area contributed by atoms with E-state index in [1.165, 1.54) is 34.4 Å². The van der Waals surface area contributed by atoms with E-state index < -0.39 is 0 Å². The Balaban J connectivity index is 2.22. The molecule has 0 aliphatic heterocycles. The van der Waals surface area contributed by atoms with Gasteiger partial charge in [-0.3, -0.25) is 9.36 Å². The van der Waals surface area contributed by atoms with E-state index in [9.17, 15) is 9.18 Å². The Bertz CT molecular complexity index is 883. The molecule has 0 saturated heterocycles. The average molecular weight is 319 g/mol. The Morgan fingerprint density at radius 3 is 2.76 bits per heavy atom. The van der Waals surface area contributed by atoms with Crippen molar-refractivity contribution >= 4 is 38.8 Å². The zero-order valence-electron chi connectivity index (χ0n) is 10.7. The van der Waals surface area contributed by atoms with Gasteiger partial charge in [-0.1, -0.05) is 24.4 Å². The van der Waals surface area contributed by atoms with Crippen molar-refractivity contribution in [2.24, 2.45) is 5.73 Å². The lowest BCUT2D eigenvalue weighted by molar-refractivity contribution is 0.628. The summed E-state index contributed by atoms with van der Waals surface area (Å²) in [5.74, 6) is -0.317. The van der Waals surface area contributed by atoms with Crippen molar-refractivity contribution in [2.45, 2.75) is 6.54 Å². The standard InChI is InChI=1S/C14H10FN3OS2/c15-9-3-1-8(2-4-9)10-6-21-13-12(10)14(19)18(7-17-13)5-11(16)20/h1-4,6-7H,5H2,(H2,16,20). The summed E-state index contributed by atoms with van der Waals surface area (Å²) in [6.07, 6.45) is 1.44. The van der Waals surface area contributed by atoms with Crippen LogP contribution in [0.15, 0.2) is 40.8 Å². The lowest BCUT2D eigenvalue weighted by Gasteiger charge is -2.04. The third-order valence-corrected chi connectivity index (χ3v) is 4.06. The maximum absolute atomic E-state index is 13.0. The molecule has 3 aromatic rings. The topological polar surface area (TPSA) is 60.9 Å². The Labute approximate surface area is 128 Å². The van der Waals surface area contributed by atoms with Gasteiger partial charge in [0.2, 0.25) is 0 Å². The molecular formula is C14H10FN3OS2. The minimum absolute atomic E-state index is 0.149. The first-order valence-corrected chi connectivity index (χ1v) is 7.36. The molecule has 21 heavy (non-hydrogen) atoms. The molecule has 0 saturated carbocycles. The number of fused-ring (bicyclic) bond motifs is 1. The first-order chi connectivity index (χ1) is 10.1. The van der Waals surface area contributed by atoms with Crippen LogP contribution in [0.5, 0.6) is 0 Å². The normalized spacial score (nSPS) is 10.9. The summed E-state index contributed by atoms with van der Waals surface area (Å²) >= 11 is 6.20. The van der Waals surface area contributed by atoms with Crippen molar-refractivity contribution in [3.8, 4) is 11.1 Å². The van der Waals surface area contributed by atoms with Crippen LogP contribution < -0.4 is 11.3 Å². The molecule has 0 aliphatic rings. The fourth-order valence-electron chi connectivity index (χ4n) is 2.09. The maximum atomic E-state index is 13.0. The molecule has 1 aromatic carbocycles. The SMILES string of the molecule is NC(=S)Cn1cnc2scc(-c3ccc(F)cc3)c2c1=O. The number of benzene rings is 1. The highest BCUT2D eigenvalue weighted by Crippen LogP contribution is 2.30. The maximum Gasteiger partial charge on any atom is 0.263 e. The molecule has 106 valence electrons. The quantitative estimate of drug-likeness (QED) is 0.754. The predicted octanol–water partition coefficient (Wildman–Crippen LogP) is 2.55. The van der Waals surface area contributed by atoms with Crippen LogP contribution in [0.2, 0.25) is 0 Å². The molecule has 4 nitrogen and oxygen atoms in total. The molecule has 0 bridgehead atoms. The van der Waals surface area contributed by atoms with Gasteiger partial charge in [0.05, 0.1) is 23.2 Å². The zero-order valence-corrected chi connectivity index (χ0v) is 12.4. The molecule has 2 N–H and O–H groups in total. The van der Waals surface area contributed by atoms with E-state index >= 15 is 0 Å². The van der Waals surface area contributed by atoms with E-state index in [0.717, 1.165) is 11.1 Å². The van der Waals surface area contributed by atoms with E-state index in [1.807, 2.05) is 5.38 Å². The van der Waals surface area contributed by atoms with E-state index in [-0.39, 0.29) is 22.9 Å². The van der Waals surface area contributed by atoms with Gasteiger partial charge in [-0.25, -0.2) is 9.37 Å². The average Bonchev–Trinajstić information content (AvgIpc) is 2.87. The van der Waals surface area contributed by atoms with Crippen molar-refractivity contribution in [1.82, 2.24) is 9.55 Å². The lowest BCUT2D eigenvalue weighted by atomic mass is 10.1. The van der Waals surface area contributed by atoms with Gasteiger partial charge < -0.3 is 5.73 Å². The van der Waals surface area contributed by atoms with E-state index in [4.69, 9.17) is 18.0 Å².